The van der Waals surface area contributed by atoms with Crippen LogP contribution in [0.3, 0.4) is 0 Å². The Morgan fingerprint density at radius 2 is 1.74 bits per heavy atom. The molecule has 1 atom stereocenters. The van der Waals surface area contributed by atoms with Crippen molar-refractivity contribution in [2.45, 2.75) is 26.0 Å². The molecule has 0 radical (unpaired) electrons. The van der Waals surface area contributed by atoms with Crippen LogP contribution in [0.25, 0.3) is 11.1 Å². The number of ether oxygens (including phenoxy) is 1. The summed E-state index contributed by atoms with van der Waals surface area (Å²) in [7, 11) is 0. The molecular formula is C21H23N3O3. The first kappa shape index (κ1) is 18.8. The quantitative estimate of drug-likeness (QED) is 0.621. The Morgan fingerprint density at radius 1 is 1.07 bits per heavy atom. The minimum atomic E-state index is -1.44. The first-order valence-electron chi connectivity index (χ1n) is 8.73. The van der Waals surface area contributed by atoms with Crippen molar-refractivity contribution in [2.24, 2.45) is 5.41 Å². The molecule has 2 aromatic carbocycles. The average Bonchev–Trinajstić information content (AvgIpc) is 3.20. The Labute approximate surface area is 158 Å². The zero-order valence-electron chi connectivity index (χ0n) is 15.4. The molecule has 0 bridgehead atoms. The van der Waals surface area contributed by atoms with E-state index in [4.69, 9.17) is 4.74 Å². The van der Waals surface area contributed by atoms with Gasteiger partial charge in [-0.15, -0.1) is 0 Å². The summed E-state index contributed by atoms with van der Waals surface area (Å²) in [5.41, 5.74) is -0.272. The van der Waals surface area contributed by atoms with Crippen LogP contribution in [0.2, 0.25) is 0 Å². The number of hydrogen-bond acceptors (Lipinski definition) is 5. The van der Waals surface area contributed by atoms with Gasteiger partial charge in [0.2, 0.25) is 0 Å². The van der Waals surface area contributed by atoms with Crippen LogP contribution in [0.1, 0.15) is 13.8 Å². The van der Waals surface area contributed by atoms with Gasteiger partial charge in [-0.3, -0.25) is 0 Å². The SMILES string of the molecule is CC(C)(C=O)C(O)(COc1ccc(-c2ccccc2)cc1)Cn1cncn1. The monoisotopic (exact) mass is 365 g/mol. The zero-order valence-corrected chi connectivity index (χ0v) is 15.4. The smallest absolute Gasteiger partial charge is 0.137 e. The average molecular weight is 365 g/mol. The van der Waals surface area contributed by atoms with Gasteiger partial charge in [-0.05, 0) is 23.3 Å². The Kier molecular flexibility index (Phi) is 5.37. The van der Waals surface area contributed by atoms with Crippen molar-refractivity contribution >= 4 is 6.29 Å². The van der Waals surface area contributed by atoms with E-state index in [9.17, 15) is 9.90 Å². The lowest BCUT2D eigenvalue weighted by atomic mass is 9.76. The van der Waals surface area contributed by atoms with Crippen LogP contribution in [0.4, 0.5) is 0 Å². The van der Waals surface area contributed by atoms with Gasteiger partial charge in [0.15, 0.2) is 0 Å². The third-order valence-corrected chi connectivity index (χ3v) is 4.82. The fourth-order valence-corrected chi connectivity index (χ4v) is 2.70. The fraction of sp³-hybridized carbons (Fsp3) is 0.286. The molecule has 27 heavy (non-hydrogen) atoms. The molecule has 3 rings (SSSR count). The maximum absolute atomic E-state index is 11.6. The molecule has 0 aliphatic carbocycles. The Bertz CT molecular complexity index is 861. The fourth-order valence-electron chi connectivity index (χ4n) is 2.70. The lowest BCUT2D eigenvalue weighted by molar-refractivity contribution is -0.140. The summed E-state index contributed by atoms with van der Waals surface area (Å²) >= 11 is 0. The van der Waals surface area contributed by atoms with Gasteiger partial charge in [-0.2, -0.15) is 5.10 Å². The third kappa shape index (κ3) is 4.23. The highest BCUT2D eigenvalue weighted by Gasteiger charge is 2.45. The van der Waals surface area contributed by atoms with E-state index in [1.807, 2.05) is 54.6 Å². The van der Waals surface area contributed by atoms with Crippen molar-refractivity contribution < 1.29 is 14.6 Å². The van der Waals surface area contributed by atoms with Crippen molar-refractivity contribution in [3.05, 3.63) is 67.3 Å². The van der Waals surface area contributed by atoms with Gasteiger partial charge in [-0.25, -0.2) is 9.67 Å². The highest BCUT2D eigenvalue weighted by molar-refractivity contribution is 5.64. The minimum Gasteiger partial charge on any atom is -0.490 e. The third-order valence-electron chi connectivity index (χ3n) is 4.82. The van der Waals surface area contributed by atoms with Crippen LogP contribution in [0, 0.1) is 5.41 Å². The predicted octanol–water partition coefficient (Wildman–Crippen LogP) is 2.98. The lowest BCUT2D eigenvalue weighted by Gasteiger charge is -2.38. The molecule has 0 fully saturated rings. The summed E-state index contributed by atoms with van der Waals surface area (Å²) in [4.78, 5) is 15.4. The van der Waals surface area contributed by atoms with E-state index in [-0.39, 0.29) is 13.2 Å². The van der Waals surface area contributed by atoms with Gasteiger partial charge < -0.3 is 14.6 Å². The Morgan fingerprint density at radius 3 is 2.33 bits per heavy atom. The molecule has 1 unspecified atom stereocenters. The first-order valence-corrected chi connectivity index (χ1v) is 8.73. The number of carbonyl (C=O) groups excluding carboxylic acids is 1. The van der Waals surface area contributed by atoms with Crippen LogP contribution in [-0.2, 0) is 11.3 Å². The number of carbonyl (C=O) groups is 1. The number of aliphatic hydroxyl groups is 1. The molecule has 0 saturated carbocycles. The largest absolute Gasteiger partial charge is 0.490 e. The molecule has 0 aliphatic heterocycles. The summed E-state index contributed by atoms with van der Waals surface area (Å²) in [6.07, 6.45) is 3.63. The standard InChI is InChI=1S/C21H23N3O3/c1-20(2,13-25)21(26,12-24-16-22-15-23-24)14-27-19-10-8-18(9-11-19)17-6-4-3-5-7-17/h3-11,13,15-16,26H,12,14H2,1-2H3. The maximum atomic E-state index is 11.6. The van der Waals surface area contributed by atoms with E-state index in [1.165, 1.54) is 17.3 Å². The molecule has 3 aromatic rings. The highest BCUT2D eigenvalue weighted by Crippen LogP contribution is 2.32. The lowest BCUT2D eigenvalue weighted by Crippen LogP contribution is -2.53. The van der Waals surface area contributed by atoms with Gasteiger partial charge in [0.25, 0.3) is 0 Å². The maximum Gasteiger partial charge on any atom is 0.137 e. The molecule has 0 aliphatic rings. The van der Waals surface area contributed by atoms with Crippen LogP contribution in [-0.4, -0.2) is 38.4 Å². The summed E-state index contributed by atoms with van der Waals surface area (Å²) in [6, 6.07) is 17.7. The van der Waals surface area contributed by atoms with Gasteiger partial charge >= 0.3 is 0 Å². The van der Waals surface area contributed by atoms with Gasteiger partial charge in [0.1, 0.15) is 36.9 Å². The van der Waals surface area contributed by atoms with E-state index in [0.717, 1.165) is 17.4 Å². The number of benzene rings is 2. The second-order valence-corrected chi connectivity index (χ2v) is 7.14. The summed E-state index contributed by atoms with van der Waals surface area (Å²) in [5.74, 6) is 0.619. The second kappa shape index (κ2) is 7.72. The predicted molar refractivity (Wildman–Crippen MR) is 102 cm³/mol. The molecule has 0 saturated heterocycles. The molecule has 1 aromatic heterocycles. The number of nitrogens with zero attached hydrogens (tertiary/aromatic N) is 3. The summed E-state index contributed by atoms with van der Waals surface area (Å²) in [5, 5.41) is 15.2. The molecule has 1 heterocycles. The number of rotatable bonds is 8. The second-order valence-electron chi connectivity index (χ2n) is 7.14. The summed E-state index contributed by atoms with van der Waals surface area (Å²) in [6.45, 7) is 3.40. The van der Waals surface area contributed by atoms with Crippen molar-refractivity contribution in [2.75, 3.05) is 6.61 Å². The number of hydrogen-bond donors (Lipinski definition) is 1. The molecule has 140 valence electrons. The zero-order chi connectivity index (χ0) is 19.3. The number of aromatic nitrogens is 3. The molecule has 6 heteroatoms. The van der Waals surface area contributed by atoms with Gasteiger partial charge in [0, 0.05) is 0 Å². The van der Waals surface area contributed by atoms with Gasteiger partial charge in [0.05, 0.1) is 12.0 Å². The van der Waals surface area contributed by atoms with Crippen molar-refractivity contribution in [3.8, 4) is 16.9 Å². The van der Waals surface area contributed by atoms with Crippen LogP contribution in [0.5, 0.6) is 5.75 Å². The Hall–Kier alpha value is -2.99. The van der Waals surface area contributed by atoms with Crippen molar-refractivity contribution in [3.63, 3.8) is 0 Å². The molecule has 0 spiro atoms. The van der Waals surface area contributed by atoms with Crippen molar-refractivity contribution in [1.82, 2.24) is 14.8 Å². The minimum absolute atomic E-state index is 0.0523. The van der Waals surface area contributed by atoms with Crippen LogP contribution >= 0.6 is 0 Å². The van der Waals surface area contributed by atoms with E-state index in [1.54, 1.807) is 13.8 Å². The van der Waals surface area contributed by atoms with Crippen LogP contribution < -0.4 is 4.74 Å². The van der Waals surface area contributed by atoms with E-state index < -0.39 is 11.0 Å². The molecule has 6 nitrogen and oxygen atoms in total. The van der Waals surface area contributed by atoms with E-state index in [0.29, 0.717) is 5.75 Å². The topological polar surface area (TPSA) is 77.2 Å². The van der Waals surface area contributed by atoms with E-state index >= 15 is 0 Å². The Balaban J connectivity index is 1.74. The normalized spacial score (nSPS) is 13.7. The first-order chi connectivity index (χ1) is 12.9. The summed E-state index contributed by atoms with van der Waals surface area (Å²) < 4.78 is 7.32. The van der Waals surface area contributed by atoms with E-state index in [2.05, 4.69) is 10.1 Å². The molecular weight excluding hydrogens is 342 g/mol. The molecule has 1 N–H and O–H groups in total. The number of aldehydes is 1. The van der Waals surface area contributed by atoms with Gasteiger partial charge in [-0.1, -0.05) is 56.3 Å². The van der Waals surface area contributed by atoms with Crippen LogP contribution in [0.15, 0.2) is 67.3 Å². The van der Waals surface area contributed by atoms with Crippen molar-refractivity contribution in [1.29, 1.82) is 0 Å². The highest BCUT2D eigenvalue weighted by atomic mass is 16.5. The molecule has 0 amide bonds.